The first-order valence-corrected chi connectivity index (χ1v) is 5.30. The van der Waals surface area contributed by atoms with Crippen LogP contribution < -0.4 is 5.73 Å². The molecule has 1 aromatic rings. The van der Waals surface area contributed by atoms with Crippen LogP contribution in [-0.4, -0.2) is 22.4 Å². The van der Waals surface area contributed by atoms with Crippen molar-refractivity contribution in [2.24, 2.45) is 5.73 Å². The first kappa shape index (κ1) is 12.0. The van der Waals surface area contributed by atoms with Crippen LogP contribution >= 0.6 is 0 Å². The van der Waals surface area contributed by atoms with Crippen LogP contribution in [0, 0.1) is 0 Å². The fraction of sp³-hybridized carbons (Fsp3) is 0.500. The van der Waals surface area contributed by atoms with E-state index in [0.717, 1.165) is 12.0 Å². The molecule has 0 aliphatic carbocycles. The number of phenols is 1. The van der Waals surface area contributed by atoms with Gasteiger partial charge in [-0.05, 0) is 24.1 Å². The van der Waals surface area contributed by atoms with Gasteiger partial charge in [0.05, 0.1) is 5.60 Å². The van der Waals surface area contributed by atoms with Crippen molar-refractivity contribution < 1.29 is 10.2 Å². The smallest absolute Gasteiger partial charge is 0.115 e. The van der Waals surface area contributed by atoms with Gasteiger partial charge in [0.25, 0.3) is 0 Å². The van der Waals surface area contributed by atoms with Gasteiger partial charge in [-0.3, -0.25) is 0 Å². The van der Waals surface area contributed by atoms with E-state index in [9.17, 15) is 5.11 Å². The number of phenolic OH excluding ortho intramolecular Hbond substituents is 1. The normalized spacial score (nSPS) is 14.9. The van der Waals surface area contributed by atoms with Gasteiger partial charge in [-0.15, -0.1) is 0 Å². The summed E-state index contributed by atoms with van der Waals surface area (Å²) in [5.41, 5.74) is 5.75. The minimum absolute atomic E-state index is 0.241. The summed E-state index contributed by atoms with van der Waals surface area (Å²) in [6.07, 6.45) is 2.15. The second kappa shape index (κ2) is 5.14. The van der Waals surface area contributed by atoms with Crippen molar-refractivity contribution in [3.05, 3.63) is 29.8 Å². The maximum atomic E-state index is 10.2. The molecule has 0 radical (unpaired) electrons. The number of hydrogen-bond donors (Lipinski definition) is 3. The Morgan fingerprint density at radius 1 is 1.27 bits per heavy atom. The highest BCUT2D eigenvalue weighted by Crippen LogP contribution is 2.19. The van der Waals surface area contributed by atoms with Crippen molar-refractivity contribution >= 4 is 0 Å². The van der Waals surface area contributed by atoms with Crippen LogP contribution in [0.2, 0.25) is 0 Å². The third-order valence-electron chi connectivity index (χ3n) is 2.56. The van der Waals surface area contributed by atoms with E-state index in [0.29, 0.717) is 12.8 Å². The van der Waals surface area contributed by atoms with Gasteiger partial charge in [-0.1, -0.05) is 25.5 Å². The number of aliphatic hydroxyl groups is 1. The molecular weight excluding hydrogens is 190 g/mol. The van der Waals surface area contributed by atoms with E-state index >= 15 is 0 Å². The fourth-order valence-corrected chi connectivity index (χ4v) is 1.72. The van der Waals surface area contributed by atoms with Gasteiger partial charge in [0.15, 0.2) is 0 Å². The Bertz CT molecular complexity index is 297. The van der Waals surface area contributed by atoms with Crippen molar-refractivity contribution in [3.63, 3.8) is 0 Å². The predicted octanol–water partition coefficient (Wildman–Crippen LogP) is 1.42. The van der Waals surface area contributed by atoms with Crippen molar-refractivity contribution in [1.29, 1.82) is 0 Å². The standard InChI is InChI=1S/C12H19NO2/c1-2-7-12(15,9-13)8-10-3-5-11(14)6-4-10/h3-6,14-15H,2,7-9,13H2,1H3. The lowest BCUT2D eigenvalue weighted by Gasteiger charge is -2.26. The summed E-state index contributed by atoms with van der Waals surface area (Å²) in [5.74, 6) is 0.241. The van der Waals surface area contributed by atoms with Crippen LogP contribution in [0.3, 0.4) is 0 Å². The van der Waals surface area contributed by atoms with E-state index in [1.54, 1.807) is 12.1 Å². The molecule has 3 nitrogen and oxygen atoms in total. The van der Waals surface area contributed by atoms with E-state index in [4.69, 9.17) is 10.8 Å². The molecule has 0 fully saturated rings. The lowest BCUT2D eigenvalue weighted by Crippen LogP contribution is -2.39. The highest BCUT2D eigenvalue weighted by atomic mass is 16.3. The minimum atomic E-state index is -0.814. The lowest BCUT2D eigenvalue weighted by molar-refractivity contribution is 0.0399. The monoisotopic (exact) mass is 209 g/mol. The molecule has 0 saturated heterocycles. The third kappa shape index (κ3) is 3.53. The van der Waals surface area contributed by atoms with Crippen LogP contribution in [0.5, 0.6) is 5.75 Å². The second-order valence-corrected chi connectivity index (χ2v) is 4.02. The molecule has 3 heteroatoms. The molecule has 0 spiro atoms. The summed E-state index contributed by atoms with van der Waals surface area (Å²) >= 11 is 0. The van der Waals surface area contributed by atoms with Crippen LogP contribution in [0.15, 0.2) is 24.3 Å². The van der Waals surface area contributed by atoms with E-state index in [1.165, 1.54) is 0 Å². The molecule has 0 aliphatic rings. The van der Waals surface area contributed by atoms with Crippen LogP contribution in [0.25, 0.3) is 0 Å². The quantitative estimate of drug-likeness (QED) is 0.687. The lowest BCUT2D eigenvalue weighted by atomic mass is 9.90. The van der Waals surface area contributed by atoms with Crippen LogP contribution in [0.1, 0.15) is 25.3 Å². The molecule has 0 saturated carbocycles. The van der Waals surface area contributed by atoms with Gasteiger partial charge in [-0.25, -0.2) is 0 Å². The first-order chi connectivity index (χ1) is 7.09. The molecule has 1 aromatic carbocycles. The molecule has 0 bridgehead atoms. The van der Waals surface area contributed by atoms with Crippen molar-refractivity contribution in [3.8, 4) is 5.75 Å². The number of benzene rings is 1. The van der Waals surface area contributed by atoms with Gasteiger partial charge in [-0.2, -0.15) is 0 Å². The Kier molecular flexibility index (Phi) is 4.12. The molecule has 0 amide bonds. The van der Waals surface area contributed by atoms with Gasteiger partial charge in [0.1, 0.15) is 5.75 Å². The van der Waals surface area contributed by atoms with E-state index in [-0.39, 0.29) is 12.3 Å². The highest BCUT2D eigenvalue weighted by Gasteiger charge is 2.24. The molecule has 0 aromatic heterocycles. The largest absolute Gasteiger partial charge is 0.508 e. The SMILES string of the molecule is CCCC(O)(CN)Cc1ccc(O)cc1. The molecular formula is C12H19NO2. The molecule has 1 atom stereocenters. The van der Waals surface area contributed by atoms with Crippen molar-refractivity contribution in [2.75, 3.05) is 6.54 Å². The molecule has 0 heterocycles. The number of nitrogens with two attached hydrogens (primary N) is 1. The summed E-state index contributed by atoms with van der Waals surface area (Å²) in [4.78, 5) is 0. The Morgan fingerprint density at radius 2 is 1.87 bits per heavy atom. The molecule has 4 N–H and O–H groups in total. The van der Waals surface area contributed by atoms with Gasteiger partial charge in [0, 0.05) is 13.0 Å². The summed E-state index contributed by atoms with van der Waals surface area (Å²) in [6.45, 7) is 2.29. The van der Waals surface area contributed by atoms with E-state index < -0.39 is 5.60 Å². The fourth-order valence-electron chi connectivity index (χ4n) is 1.72. The predicted molar refractivity (Wildman–Crippen MR) is 60.7 cm³/mol. The average molecular weight is 209 g/mol. The average Bonchev–Trinajstić information content (AvgIpc) is 2.22. The van der Waals surface area contributed by atoms with E-state index in [1.807, 2.05) is 19.1 Å². The highest BCUT2D eigenvalue weighted by molar-refractivity contribution is 5.26. The topological polar surface area (TPSA) is 66.5 Å². The molecule has 15 heavy (non-hydrogen) atoms. The molecule has 1 unspecified atom stereocenters. The molecule has 1 rings (SSSR count). The summed E-state index contributed by atoms with van der Waals surface area (Å²) in [6, 6.07) is 6.87. The molecule has 84 valence electrons. The summed E-state index contributed by atoms with van der Waals surface area (Å²) in [5, 5.41) is 19.3. The second-order valence-electron chi connectivity index (χ2n) is 4.02. The zero-order chi connectivity index (χ0) is 11.3. The Balaban J connectivity index is 2.70. The number of aromatic hydroxyl groups is 1. The maximum absolute atomic E-state index is 10.2. The Hall–Kier alpha value is -1.06. The van der Waals surface area contributed by atoms with Crippen molar-refractivity contribution in [2.45, 2.75) is 31.8 Å². The number of rotatable bonds is 5. The third-order valence-corrected chi connectivity index (χ3v) is 2.56. The van der Waals surface area contributed by atoms with Gasteiger partial charge in [0.2, 0.25) is 0 Å². The zero-order valence-electron chi connectivity index (χ0n) is 9.11. The van der Waals surface area contributed by atoms with Gasteiger partial charge < -0.3 is 15.9 Å². The van der Waals surface area contributed by atoms with Crippen LogP contribution in [-0.2, 0) is 6.42 Å². The zero-order valence-corrected chi connectivity index (χ0v) is 9.11. The summed E-state index contributed by atoms with van der Waals surface area (Å²) < 4.78 is 0. The Morgan fingerprint density at radius 3 is 2.33 bits per heavy atom. The van der Waals surface area contributed by atoms with Crippen LogP contribution in [0.4, 0.5) is 0 Å². The van der Waals surface area contributed by atoms with Crippen molar-refractivity contribution in [1.82, 2.24) is 0 Å². The Labute approximate surface area is 90.5 Å². The van der Waals surface area contributed by atoms with Gasteiger partial charge >= 0.3 is 0 Å². The number of hydrogen-bond acceptors (Lipinski definition) is 3. The molecule has 0 aliphatic heterocycles. The first-order valence-electron chi connectivity index (χ1n) is 5.30. The summed E-state index contributed by atoms with van der Waals surface area (Å²) in [7, 11) is 0. The maximum Gasteiger partial charge on any atom is 0.115 e. The minimum Gasteiger partial charge on any atom is -0.508 e. The van der Waals surface area contributed by atoms with E-state index in [2.05, 4.69) is 0 Å².